The number of allylic oxidation sites excluding steroid dienone is 6. The summed E-state index contributed by atoms with van der Waals surface area (Å²) in [4.78, 5) is 70.9. The highest BCUT2D eigenvalue weighted by atomic mass is 16.6. The zero-order chi connectivity index (χ0) is 46.8. The van der Waals surface area contributed by atoms with Crippen LogP contribution < -0.4 is 0 Å². The smallest absolute Gasteiger partial charge is 0.329 e. The number of esters is 1. The highest BCUT2D eigenvalue weighted by molar-refractivity contribution is 6.39. The minimum Gasteiger partial charge on any atom is -0.460 e. The Bertz CT molecular complexity index is 1720. The SMILES string of the molecule is CO[C@@H]1C[C@@H](C[C@@H](C)[C@@H]2CC(=O)[C@H](C)/C=C(\C)[C@@H](O)[C@@H](O)C(=O)[C@H](C)C[C@H](C)/C=C/C=C/C=C(\C)[C@@H](O)C[C@@H]3CC[C@@H](C)[C@@](O)(O3)C(=O)C(=O)N3CCCC[C@H]3C(=O)O2)CC[C@H]1O. The van der Waals surface area contributed by atoms with Crippen LogP contribution in [0, 0.1) is 35.5 Å². The number of carbonyl (C=O) groups is 5. The summed E-state index contributed by atoms with van der Waals surface area (Å²) in [5.41, 5.74) is 0.841. The zero-order valence-corrected chi connectivity index (χ0v) is 38.7. The molecule has 4 aliphatic rings. The van der Waals surface area contributed by atoms with Crippen molar-refractivity contribution in [2.45, 2.75) is 180 Å². The first kappa shape index (κ1) is 52.3. The monoisotopic (exact) mass is 886 g/mol. The van der Waals surface area contributed by atoms with Crippen molar-refractivity contribution in [3.63, 3.8) is 0 Å². The van der Waals surface area contributed by atoms with Crippen LogP contribution in [0.25, 0.3) is 0 Å². The maximum absolute atomic E-state index is 14.3. The van der Waals surface area contributed by atoms with Crippen LogP contribution in [0.2, 0.25) is 0 Å². The molecule has 3 heterocycles. The topological polar surface area (TPSA) is 217 Å². The van der Waals surface area contributed by atoms with E-state index < -0.39 is 89.6 Å². The third kappa shape index (κ3) is 13.8. The van der Waals surface area contributed by atoms with E-state index in [-0.39, 0.29) is 61.0 Å². The van der Waals surface area contributed by atoms with Crippen LogP contribution in [0.15, 0.2) is 47.6 Å². The number of aliphatic hydroxyl groups excluding tert-OH is 4. The second kappa shape index (κ2) is 23.7. The predicted octanol–water partition coefficient (Wildman–Crippen LogP) is 4.87. The number of rotatable bonds is 4. The first-order valence-electron chi connectivity index (χ1n) is 23.2. The summed E-state index contributed by atoms with van der Waals surface area (Å²) in [6.07, 6.45) is 8.19. The average molecular weight is 886 g/mol. The summed E-state index contributed by atoms with van der Waals surface area (Å²) in [6, 6.07) is -1.17. The predicted molar refractivity (Wildman–Crippen MR) is 236 cm³/mol. The molecule has 2 saturated heterocycles. The first-order chi connectivity index (χ1) is 29.7. The Morgan fingerprint density at radius 3 is 2.27 bits per heavy atom. The van der Waals surface area contributed by atoms with Gasteiger partial charge in [-0.15, -0.1) is 0 Å². The van der Waals surface area contributed by atoms with Gasteiger partial charge in [0.1, 0.15) is 30.1 Å². The molecule has 15 atom stereocenters. The number of amides is 1. The van der Waals surface area contributed by atoms with Crippen LogP contribution in [-0.4, -0.2) is 128 Å². The molecule has 1 amide bonds. The highest BCUT2D eigenvalue weighted by Gasteiger charge is 2.53. The number of aliphatic hydroxyl groups is 5. The van der Waals surface area contributed by atoms with Gasteiger partial charge in [-0.05, 0) is 107 Å². The van der Waals surface area contributed by atoms with Gasteiger partial charge in [0, 0.05) is 44.2 Å². The minimum absolute atomic E-state index is 0.0566. The van der Waals surface area contributed by atoms with Gasteiger partial charge in [0.15, 0.2) is 5.78 Å². The molecule has 63 heavy (non-hydrogen) atoms. The number of hydrogen-bond donors (Lipinski definition) is 5. The highest BCUT2D eigenvalue weighted by Crippen LogP contribution is 2.37. The third-order valence-electron chi connectivity index (χ3n) is 14.0. The number of piperidine rings is 1. The fourth-order valence-corrected chi connectivity index (χ4v) is 9.62. The molecule has 1 saturated carbocycles. The van der Waals surface area contributed by atoms with E-state index in [4.69, 9.17) is 14.2 Å². The van der Waals surface area contributed by atoms with Gasteiger partial charge in [0.2, 0.25) is 5.79 Å². The molecule has 2 bridgehead atoms. The molecule has 0 aromatic rings. The number of ether oxygens (including phenoxy) is 3. The number of hydrogen-bond acceptors (Lipinski definition) is 13. The molecule has 3 fully saturated rings. The summed E-state index contributed by atoms with van der Waals surface area (Å²) in [5.74, 6) is -8.87. The Labute approximate surface area is 373 Å². The van der Waals surface area contributed by atoms with Crippen molar-refractivity contribution in [1.29, 1.82) is 0 Å². The molecule has 14 nitrogen and oxygen atoms in total. The van der Waals surface area contributed by atoms with Gasteiger partial charge in [-0.2, -0.15) is 0 Å². The Hall–Kier alpha value is -3.37. The maximum Gasteiger partial charge on any atom is 0.329 e. The molecule has 0 unspecified atom stereocenters. The fraction of sp³-hybridized carbons (Fsp3) is 0.735. The number of fused-ring (bicyclic) bond motifs is 3. The van der Waals surface area contributed by atoms with Crippen molar-refractivity contribution in [2.24, 2.45) is 35.5 Å². The summed E-state index contributed by atoms with van der Waals surface area (Å²) in [6.45, 7) is 12.1. The molecule has 4 rings (SSSR count). The van der Waals surface area contributed by atoms with Crippen molar-refractivity contribution in [3.05, 3.63) is 47.6 Å². The number of methoxy groups -OCH3 is 1. The van der Waals surface area contributed by atoms with Crippen molar-refractivity contribution in [2.75, 3.05) is 13.7 Å². The molecule has 3 aliphatic heterocycles. The van der Waals surface area contributed by atoms with E-state index in [1.165, 1.54) is 6.08 Å². The second-order valence-electron chi connectivity index (χ2n) is 19.2. The molecule has 354 valence electrons. The molecule has 5 N–H and O–H groups in total. The van der Waals surface area contributed by atoms with E-state index >= 15 is 0 Å². The van der Waals surface area contributed by atoms with Crippen molar-refractivity contribution < 1.29 is 63.7 Å². The molecule has 0 aromatic heterocycles. The van der Waals surface area contributed by atoms with Gasteiger partial charge >= 0.3 is 5.97 Å². The lowest BCUT2D eigenvalue weighted by Crippen LogP contribution is -2.61. The van der Waals surface area contributed by atoms with E-state index in [0.717, 1.165) is 4.90 Å². The van der Waals surface area contributed by atoms with Gasteiger partial charge in [0.05, 0.1) is 24.4 Å². The number of carbonyl (C=O) groups excluding carboxylic acids is 5. The Morgan fingerprint density at radius 1 is 0.857 bits per heavy atom. The molecule has 0 radical (unpaired) electrons. The van der Waals surface area contributed by atoms with E-state index in [1.807, 2.05) is 26.0 Å². The van der Waals surface area contributed by atoms with Crippen molar-refractivity contribution in [3.8, 4) is 0 Å². The largest absolute Gasteiger partial charge is 0.460 e. The minimum atomic E-state index is -2.49. The summed E-state index contributed by atoms with van der Waals surface area (Å²) in [5, 5.41) is 55.4. The molecule has 14 heteroatoms. The molecular formula is C49H75NO13. The third-order valence-corrected chi connectivity index (χ3v) is 14.0. The lowest BCUT2D eigenvalue weighted by Gasteiger charge is -2.42. The van der Waals surface area contributed by atoms with Gasteiger partial charge < -0.3 is 44.6 Å². The van der Waals surface area contributed by atoms with Crippen LogP contribution in [0.5, 0.6) is 0 Å². The molecule has 0 aromatic carbocycles. The van der Waals surface area contributed by atoms with Gasteiger partial charge in [0.25, 0.3) is 11.7 Å². The van der Waals surface area contributed by atoms with E-state index in [1.54, 1.807) is 60.0 Å². The Balaban J connectivity index is 1.67. The summed E-state index contributed by atoms with van der Waals surface area (Å²) < 4.78 is 17.7. The van der Waals surface area contributed by atoms with E-state index in [0.29, 0.717) is 63.4 Å². The molecule has 0 spiro atoms. The van der Waals surface area contributed by atoms with Crippen LogP contribution >= 0.6 is 0 Å². The number of nitrogens with zero attached hydrogens (tertiary/aromatic N) is 1. The maximum atomic E-state index is 14.3. The zero-order valence-electron chi connectivity index (χ0n) is 38.7. The lowest BCUT2D eigenvalue weighted by molar-refractivity contribution is -0.265. The number of cyclic esters (lactones) is 1. The first-order valence-corrected chi connectivity index (χ1v) is 23.2. The van der Waals surface area contributed by atoms with Crippen molar-refractivity contribution in [1.82, 2.24) is 4.90 Å². The van der Waals surface area contributed by atoms with Crippen LogP contribution in [0.3, 0.4) is 0 Å². The standard InChI is InChI=1S/C49H75NO13/c1-28-14-10-9-11-15-29(2)39(52)26-36-19-17-34(7)49(60,63-36)46(57)47(58)50-21-13-12-16-37(50)48(59)62-41(31(4)24-35-18-20-38(51)42(25-35)61-8)27-40(53)30(3)23-33(6)44(55)45(56)43(54)32(5)22-28/h9-11,14-15,23,28,30-32,34-39,41-42,44-45,51-52,55-56,60H,12-13,16-22,24-27H2,1-8H3/b11-9+,14-10+,29-15+,33-23+/t28-,30-,31-,32-,34-,35-,36+,37+,38-,39+,41+,42-,44-,45+,49-/m1/s1. The second-order valence-corrected chi connectivity index (χ2v) is 19.2. The van der Waals surface area contributed by atoms with Crippen molar-refractivity contribution >= 4 is 29.2 Å². The summed E-state index contributed by atoms with van der Waals surface area (Å²) >= 11 is 0. The average Bonchev–Trinajstić information content (AvgIpc) is 3.25. The Kier molecular flexibility index (Phi) is 19.7. The van der Waals surface area contributed by atoms with Crippen LogP contribution in [-0.2, 0) is 38.2 Å². The normalized spacial score (nSPS) is 41.3. The van der Waals surface area contributed by atoms with Gasteiger partial charge in [-0.3, -0.25) is 19.2 Å². The van der Waals surface area contributed by atoms with Gasteiger partial charge in [-0.25, -0.2) is 4.79 Å². The lowest BCUT2D eigenvalue weighted by atomic mass is 9.78. The van der Waals surface area contributed by atoms with Crippen LogP contribution in [0.4, 0.5) is 0 Å². The molecular weight excluding hydrogens is 811 g/mol. The quantitative estimate of drug-likeness (QED) is 0.145. The van der Waals surface area contributed by atoms with Crippen LogP contribution in [0.1, 0.15) is 126 Å². The fourth-order valence-electron chi connectivity index (χ4n) is 9.62. The number of Topliss-reactive ketones (excluding diaryl/α,β-unsaturated/α-hetero) is 3. The summed E-state index contributed by atoms with van der Waals surface area (Å²) in [7, 11) is 1.55. The van der Waals surface area contributed by atoms with E-state index in [2.05, 4.69) is 0 Å². The van der Waals surface area contributed by atoms with Gasteiger partial charge in [-0.1, -0.05) is 71.1 Å². The number of ketones is 3. The molecule has 1 aliphatic carbocycles. The Morgan fingerprint density at radius 2 is 1.57 bits per heavy atom. The van der Waals surface area contributed by atoms with E-state index in [9.17, 15) is 49.5 Å².